The number of ether oxygens (including phenoxy) is 1. The van der Waals surface area contributed by atoms with Gasteiger partial charge in [0.15, 0.2) is 5.82 Å². The van der Waals surface area contributed by atoms with E-state index in [1.54, 1.807) is 16.8 Å². The number of hydrogen-bond acceptors (Lipinski definition) is 6. The van der Waals surface area contributed by atoms with Crippen LogP contribution < -0.4 is 5.32 Å². The topological polar surface area (TPSA) is 101 Å². The molecule has 1 aromatic heterocycles. The highest BCUT2D eigenvalue weighted by Crippen LogP contribution is 2.32. The molecule has 2 fully saturated rings. The van der Waals surface area contributed by atoms with E-state index in [2.05, 4.69) is 15.5 Å². The van der Waals surface area contributed by atoms with Crippen LogP contribution in [0.25, 0.3) is 0 Å². The number of nitrogens with one attached hydrogen (secondary N) is 1. The van der Waals surface area contributed by atoms with Crippen molar-refractivity contribution >= 4 is 12.1 Å². The Labute approximate surface area is 169 Å². The molecule has 1 spiro atoms. The molecule has 9 nitrogen and oxygen atoms in total. The standard InChI is InChI=1S/C20H25N5O4/c1-24-14-20(28-19(24)27)8-5-10-25(11-9-20)18(26)21-13-17-22-16(23-29-17)12-15-6-3-2-4-7-15/h2-4,6-7H,5,8-14H2,1H3,(H,21,26)/t20-/m1/s1. The Morgan fingerprint density at radius 1 is 1.24 bits per heavy atom. The van der Waals surface area contributed by atoms with Gasteiger partial charge in [0.25, 0.3) is 0 Å². The summed E-state index contributed by atoms with van der Waals surface area (Å²) in [7, 11) is 1.74. The molecule has 0 saturated carbocycles. The average Bonchev–Trinajstić information content (AvgIpc) is 3.20. The van der Waals surface area contributed by atoms with E-state index < -0.39 is 5.60 Å². The van der Waals surface area contributed by atoms with E-state index in [4.69, 9.17) is 9.26 Å². The van der Waals surface area contributed by atoms with Crippen LogP contribution in [-0.2, 0) is 17.7 Å². The number of amides is 3. The van der Waals surface area contributed by atoms with Crippen molar-refractivity contribution in [2.75, 3.05) is 26.7 Å². The largest absolute Gasteiger partial charge is 0.441 e. The normalized spacial score (nSPS) is 21.9. The fourth-order valence-electron chi connectivity index (χ4n) is 3.90. The van der Waals surface area contributed by atoms with Crippen LogP contribution in [-0.4, -0.2) is 64.3 Å². The van der Waals surface area contributed by atoms with Crippen molar-refractivity contribution in [2.24, 2.45) is 0 Å². The van der Waals surface area contributed by atoms with E-state index in [-0.39, 0.29) is 18.7 Å². The molecule has 1 aromatic carbocycles. The number of benzene rings is 1. The highest BCUT2D eigenvalue weighted by Gasteiger charge is 2.44. The van der Waals surface area contributed by atoms with Gasteiger partial charge in [-0.25, -0.2) is 9.59 Å². The predicted molar refractivity (Wildman–Crippen MR) is 103 cm³/mol. The van der Waals surface area contributed by atoms with Gasteiger partial charge < -0.3 is 24.4 Å². The van der Waals surface area contributed by atoms with Crippen LogP contribution in [0.1, 0.15) is 36.5 Å². The van der Waals surface area contributed by atoms with Crippen molar-refractivity contribution in [1.29, 1.82) is 0 Å². The molecule has 2 aliphatic rings. The first-order valence-corrected chi connectivity index (χ1v) is 9.85. The fourth-order valence-corrected chi connectivity index (χ4v) is 3.90. The summed E-state index contributed by atoms with van der Waals surface area (Å²) in [5.41, 5.74) is 0.625. The summed E-state index contributed by atoms with van der Waals surface area (Å²) >= 11 is 0. The van der Waals surface area contributed by atoms with Crippen molar-refractivity contribution < 1.29 is 18.8 Å². The second-order valence-corrected chi connectivity index (χ2v) is 7.67. The lowest BCUT2D eigenvalue weighted by atomic mass is 9.95. The van der Waals surface area contributed by atoms with E-state index in [0.717, 1.165) is 18.4 Å². The van der Waals surface area contributed by atoms with Crippen molar-refractivity contribution in [1.82, 2.24) is 25.3 Å². The molecule has 9 heteroatoms. The average molecular weight is 399 g/mol. The molecule has 0 bridgehead atoms. The Bertz CT molecular complexity index is 871. The summed E-state index contributed by atoms with van der Waals surface area (Å²) in [4.78, 5) is 32.0. The quantitative estimate of drug-likeness (QED) is 0.846. The SMILES string of the molecule is CN1C[C@]2(CCCN(C(=O)NCc3nc(Cc4ccccc4)no3)CC2)OC1=O. The highest BCUT2D eigenvalue weighted by molar-refractivity contribution is 5.74. The Balaban J connectivity index is 1.27. The Kier molecular flexibility index (Phi) is 5.37. The second kappa shape index (κ2) is 8.10. The molecule has 0 aliphatic carbocycles. The first-order valence-electron chi connectivity index (χ1n) is 9.85. The lowest BCUT2D eigenvalue weighted by Crippen LogP contribution is -2.41. The summed E-state index contributed by atoms with van der Waals surface area (Å²) in [6, 6.07) is 9.72. The van der Waals surface area contributed by atoms with Gasteiger partial charge in [-0.2, -0.15) is 4.98 Å². The summed E-state index contributed by atoms with van der Waals surface area (Å²) in [5, 5.41) is 6.82. The molecule has 3 amide bonds. The van der Waals surface area contributed by atoms with Crippen molar-refractivity contribution in [2.45, 2.75) is 37.8 Å². The van der Waals surface area contributed by atoms with Crippen LogP contribution in [0.2, 0.25) is 0 Å². The molecule has 4 rings (SSSR count). The summed E-state index contributed by atoms with van der Waals surface area (Å²) in [6.07, 6.45) is 2.48. The van der Waals surface area contributed by atoms with Crippen LogP contribution >= 0.6 is 0 Å². The van der Waals surface area contributed by atoms with Crippen LogP contribution in [0.4, 0.5) is 9.59 Å². The van der Waals surface area contributed by atoms with E-state index in [1.807, 2.05) is 30.3 Å². The Morgan fingerprint density at radius 2 is 2.07 bits per heavy atom. The smallest absolute Gasteiger partial charge is 0.410 e. The molecule has 3 heterocycles. The van der Waals surface area contributed by atoms with Gasteiger partial charge in [0.05, 0.1) is 13.1 Å². The summed E-state index contributed by atoms with van der Waals surface area (Å²) < 4.78 is 10.8. The maximum atomic E-state index is 12.6. The molecule has 2 aromatic rings. The third kappa shape index (κ3) is 4.49. The van der Waals surface area contributed by atoms with Gasteiger partial charge in [0.2, 0.25) is 5.89 Å². The monoisotopic (exact) mass is 399 g/mol. The van der Waals surface area contributed by atoms with E-state index in [0.29, 0.717) is 44.2 Å². The number of likely N-dealkylation sites (N-methyl/N-ethyl adjacent to an activating group) is 1. The molecule has 0 unspecified atom stereocenters. The summed E-state index contributed by atoms with van der Waals surface area (Å²) in [5.74, 6) is 0.964. The van der Waals surface area contributed by atoms with Crippen LogP contribution in [0.3, 0.4) is 0 Å². The predicted octanol–water partition coefficient (Wildman–Crippen LogP) is 2.18. The minimum Gasteiger partial charge on any atom is -0.441 e. The number of rotatable bonds is 4. The molecule has 2 aliphatic heterocycles. The van der Waals surface area contributed by atoms with Gasteiger partial charge in [0, 0.05) is 33.0 Å². The lowest BCUT2D eigenvalue weighted by molar-refractivity contribution is 0.0453. The minimum atomic E-state index is -0.473. The Morgan fingerprint density at radius 3 is 2.83 bits per heavy atom. The number of urea groups is 1. The third-order valence-corrected chi connectivity index (χ3v) is 5.43. The van der Waals surface area contributed by atoms with Crippen molar-refractivity contribution in [3.8, 4) is 0 Å². The molecular weight excluding hydrogens is 374 g/mol. The highest BCUT2D eigenvalue weighted by atomic mass is 16.6. The van der Waals surface area contributed by atoms with Gasteiger partial charge in [-0.05, 0) is 18.4 Å². The third-order valence-electron chi connectivity index (χ3n) is 5.43. The van der Waals surface area contributed by atoms with Gasteiger partial charge in [-0.15, -0.1) is 0 Å². The molecule has 0 radical (unpaired) electrons. The number of nitrogens with zero attached hydrogens (tertiary/aromatic N) is 4. The fraction of sp³-hybridized carbons (Fsp3) is 0.500. The van der Waals surface area contributed by atoms with E-state index in [1.165, 1.54) is 0 Å². The van der Waals surface area contributed by atoms with Gasteiger partial charge in [0.1, 0.15) is 5.60 Å². The molecular formula is C20H25N5O4. The molecule has 1 atom stereocenters. The number of carbonyl (C=O) groups excluding carboxylic acids is 2. The van der Waals surface area contributed by atoms with E-state index in [9.17, 15) is 9.59 Å². The molecule has 154 valence electrons. The van der Waals surface area contributed by atoms with Crippen molar-refractivity contribution in [3.05, 3.63) is 47.6 Å². The van der Waals surface area contributed by atoms with Crippen LogP contribution in [0, 0.1) is 0 Å². The van der Waals surface area contributed by atoms with Crippen molar-refractivity contribution in [3.63, 3.8) is 0 Å². The van der Waals surface area contributed by atoms with Crippen LogP contribution in [0.15, 0.2) is 34.9 Å². The zero-order chi connectivity index (χ0) is 20.3. The second-order valence-electron chi connectivity index (χ2n) is 7.67. The minimum absolute atomic E-state index is 0.178. The maximum absolute atomic E-state index is 12.6. The Hall–Kier alpha value is -3.10. The van der Waals surface area contributed by atoms with Gasteiger partial charge >= 0.3 is 12.1 Å². The first kappa shape index (κ1) is 19.2. The first-order chi connectivity index (χ1) is 14.0. The van der Waals surface area contributed by atoms with Gasteiger partial charge in [-0.3, -0.25) is 0 Å². The zero-order valence-corrected chi connectivity index (χ0v) is 16.5. The zero-order valence-electron chi connectivity index (χ0n) is 16.5. The molecule has 1 N–H and O–H groups in total. The number of aromatic nitrogens is 2. The summed E-state index contributed by atoms with van der Waals surface area (Å²) in [6.45, 7) is 1.92. The molecule has 29 heavy (non-hydrogen) atoms. The number of hydrogen-bond donors (Lipinski definition) is 1. The number of carbonyl (C=O) groups is 2. The maximum Gasteiger partial charge on any atom is 0.410 e. The van der Waals surface area contributed by atoms with Crippen LogP contribution in [0.5, 0.6) is 0 Å². The lowest BCUT2D eigenvalue weighted by Gasteiger charge is -2.25. The molecule has 2 saturated heterocycles. The van der Waals surface area contributed by atoms with E-state index >= 15 is 0 Å². The van der Waals surface area contributed by atoms with Gasteiger partial charge in [-0.1, -0.05) is 35.5 Å². The number of likely N-dealkylation sites (tertiary alicyclic amines) is 1.